The summed E-state index contributed by atoms with van der Waals surface area (Å²) in [5.74, 6) is 0.506. The molecule has 2 aliphatic rings. The maximum atomic E-state index is 13.5. The Kier molecular flexibility index (Phi) is 8.88. The number of hydrogen-bond acceptors (Lipinski definition) is 9. The lowest BCUT2D eigenvalue weighted by Gasteiger charge is -2.39. The zero-order valence-electron chi connectivity index (χ0n) is 27.9. The number of halogens is 1. The molecule has 1 fully saturated rings. The number of aliphatic hydroxyl groups is 1. The van der Waals surface area contributed by atoms with Crippen LogP contribution in [0.1, 0.15) is 70.3 Å². The predicted molar refractivity (Wildman–Crippen MR) is 173 cm³/mol. The van der Waals surface area contributed by atoms with Gasteiger partial charge in [0.2, 0.25) is 0 Å². The van der Waals surface area contributed by atoms with Crippen LogP contribution in [-0.4, -0.2) is 78.4 Å². The summed E-state index contributed by atoms with van der Waals surface area (Å²) in [4.78, 5) is 18.8. The average Bonchev–Trinajstić information content (AvgIpc) is 3.60. The summed E-state index contributed by atoms with van der Waals surface area (Å²) in [5, 5.41) is 23.7. The molecule has 12 nitrogen and oxygen atoms in total. The van der Waals surface area contributed by atoms with Crippen molar-refractivity contribution in [3.63, 3.8) is 0 Å². The van der Waals surface area contributed by atoms with E-state index in [9.17, 15) is 14.3 Å². The van der Waals surface area contributed by atoms with Crippen molar-refractivity contribution in [2.75, 3.05) is 20.3 Å². The molecule has 0 radical (unpaired) electrons. The van der Waals surface area contributed by atoms with E-state index in [0.29, 0.717) is 28.8 Å². The first-order valence-corrected chi connectivity index (χ1v) is 16.1. The van der Waals surface area contributed by atoms with Gasteiger partial charge in [0.25, 0.3) is 0 Å². The van der Waals surface area contributed by atoms with Gasteiger partial charge in [0.1, 0.15) is 29.4 Å². The Morgan fingerprint density at radius 3 is 2.55 bits per heavy atom. The number of nitrogens with zero attached hydrogens (tertiary/aromatic N) is 6. The third kappa shape index (κ3) is 7.05. The second-order valence-electron chi connectivity index (χ2n) is 13.8. The maximum Gasteiger partial charge on any atom is 0.407 e. The molecule has 1 aliphatic carbocycles. The Balaban J connectivity index is 1.19. The van der Waals surface area contributed by atoms with E-state index in [0.717, 1.165) is 68.3 Å². The normalized spacial score (nSPS) is 20.0. The molecule has 1 aliphatic heterocycles. The molecule has 1 amide bonds. The number of ether oxygens (including phenoxy) is 3. The first-order chi connectivity index (χ1) is 22.3. The zero-order chi connectivity index (χ0) is 33.5. The molecule has 4 aromatic heterocycles. The van der Waals surface area contributed by atoms with Gasteiger partial charge in [-0.3, -0.25) is 14.6 Å². The van der Waals surface area contributed by atoms with Gasteiger partial charge < -0.3 is 24.6 Å². The number of carbonyl (C=O) groups is 1. The summed E-state index contributed by atoms with van der Waals surface area (Å²) in [6, 6.07) is 5.17. The third-order valence-corrected chi connectivity index (χ3v) is 9.03. The SMILES string of the molecule is COc1cnn2cc(-c3nn4c(c3C)CN(C3CCC(NC(=O)OC(C)(C)C)CC3)CC4)cc(OCC(C)(O)c3ccc(F)cn3)c12. The molecule has 13 heteroatoms. The highest BCUT2D eigenvalue weighted by molar-refractivity contribution is 5.75. The molecule has 0 saturated heterocycles. The van der Waals surface area contributed by atoms with Crippen molar-refractivity contribution in [3.05, 3.63) is 59.6 Å². The fraction of sp³-hybridized carbons (Fsp3) is 0.529. The van der Waals surface area contributed by atoms with Crippen LogP contribution < -0.4 is 14.8 Å². The van der Waals surface area contributed by atoms with Crippen molar-refractivity contribution in [2.24, 2.45) is 0 Å². The fourth-order valence-electron chi connectivity index (χ4n) is 6.54. The minimum absolute atomic E-state index is 0.132. The van der Waals surface area contributed by atoms with Crippen LogP contribution in [0.3, 0.4) is 0 Å². The second kappa shape index (κ2) is 12.8. The molecule has 1 saturated carbocycles. The first kappa shape index (κ1) is 32.7. The Bertz CT molecular complexity index is 1740. The maximum absolute atomic E-state index is 13.5. The molecule has 0 bridgehead atoms. The summed E-state index contributed by atoms with van der Waals surface area (Å²) in [6.07, 6.45) is 8.11. The summed E-state index contributed by atoms with van der Waals surface area (Å²) in [7, 11) is 1.57. The Labute approximate surface area is 273 Å². The van der Waals surface area contributed by atoms with Crippen molar-refractivity contribution in [1.82, 2.24) is 34.6 Å². The molecule has 1 atom stereocenters. The summed E-state index contributed by atoms with van der Waals surface area (Å²) < 4.78 is 34.5. The van der Waals surface area contributed by atoms with Gasteiger partial charge in [0, 0.05) is 36.9 Å². The molecule has 0 aromatic carbocycles. The third-order valence-electron chi connectivity index (χ3n) is 9.03. The van der Waals surface area contributed by atoms with E-state index in [1.807, 2.05) is 33.0 Å². The van der Waals surface area contributed by atoms with Crippen LogP contribution in [0, 0.1) is 12.7 Å². The van der Waals surface area contributed by atoms with Gasteiger partial charge in [0.05, 0.1) is 43.1 Å². The minimum Gasteiger partial charge on any atom is -0.493 e. The summed E-state index contributed by atoms with van der Waals surface area (Å²) in [6.45, 7) is 11.6. The van der Waals surface area contributed by atoms with E-state index in [1.165, 1.54) is 17.8 Å². The van der Waals surface area contributed by atoms with Crippen molar-refractivity contribution in [2.45, 2.75) is 96.7 Å². The lowest BCUT2D eigenvalue weighted by Crippen LogP contribution is -2.47. The molecule has 252 valence electrons. The molecule has 2 N–H and O–H groups in total. The van der Waals surface area contributed by atoms with Crippen LogP contribution in [0.25, 0.3) is 16.8 Å². The monoisotopic (exact) mass is 649 g/mol. The number of rotatable bonds is 8. The number of alkyl carbamates (subject to hydrolysis) is 1. The van der Waals surface area contributed by atoms with Gasteiger partial charge in [-0.2, -0.15) is 10.2 Å². The van der Waals surface area contributed by atoms with E-state index < -0.39 is 17.0 Å². The van der Waals surface area contributed by atoms with Crippen molar-refractivity contribution < 1.29 is 28.5 Å². The Morgan fingerprint density at radius 1 is 1.11 bits per heavy atom. The first-order valence-electron chi connectivity index (χ1n) is 16.1. The minimum atomic E-state index is -1.48. The molecular formula is C34H44FN7O5. The van der Waals surface area contributed by atoms with E-state index in [4.69, 9.17) is 19.3 Å². The van der Waals surface area contributed by atoms with Gasteiger partial charge in [-0.05, 0) is 84.1 Å². The number of carbonyl (C=O) groups excluding carboxylic acids is 1. The quantitative estimate of drug-likeness (QED) is 0.271. The number of amides is 1. The van der Waals surface area contributed by atoms with Crippen LogP contribution >= 0.6 is 0 Å². The molecule has 4 aromatic rings. The number of aromatic nitrogens is 5. The standard InChI is InChI=1S/C34H44FN7O5/c1-21-26-19-40(25-10-8-24(9-11-25)38-32(43)47-33(2,3)4)13-14-41(26)39-30(21)22-15-27(31-28(45-6)17-37-42(31)18-22)46-20-34(5,44)29-12-7-23(35)16-36-29/h7,12,15-18,24-25,44H,8-11,13-14,19-20H2,1-6H3,(H,38,43). The Hall–Kier alpha value is -4.23. The van der Waals surface area contributed by atoms with Crippen molar-refractivity contribution >= 4 is 11.6 Å². The molecule has 47 heavy (non-hydrogen) atoms. The van der Waals surface area contributed by atoms with Crippen molar-refractivity contribution in [3.8, 4) is 22.8 Å². The van der Waals surface area contributed by atoms with E-state index >= 15 is 0 Å². The van der Waals surface area contributed by atoms with E-state index in [1.54, 1.807) is 24.7 Å². The number of methoxy groups -OCH3 is 1. The largest absolute Gasteiger partial charge is 0.493 e. The lowest BCUT2D eigenvalue weighted by atomic mass is 9.89. The van der Waals surface area contributed by atoms with Gasteiger partial charge in [0.15, 0.2) is 11.3 Å². The predicted octanol–water partition coefficient (Wildman–Crippen LogP) is 4.99. The van der Waals surface area contributed by atoms with Crippen LogP contribution in [0.2, 0.25) is 0 Å². The Morgan fingerprint density at radius 2 is 1.87 bits per heavy atom. The molecule has 6 rings (SSSR count). The number of nitrogens with one attached hydrogen (secondary N) is 1. The van der Waals surface area contributed by atoms with Crippen LogP contribution in [0.4, 0.5) is 9.18 Å². The topological polar surface area (TPSA) is 128 Å². The van der Waals surface area contributed by atoms with Gasteiger partial charge in [-0.15, -0.1) is 0 Å². The lowest BCUT2D eigenvalue weighted by molar-refractivity contribution is 0.00416. The highest BCUT2D eigenvalue weighted by Crippen LogP contribution is 2.37. The van der Waals surface area contributed by atoms with Gasteiger partial charge in [-0.1, -0.05) is 0 Å². The fourth-order valence-corrected chi connectivity index (χ4v) is 6.54. The second-order valence-corrected chi connectivity index (χ2v) is 13.8. The molecular weight excluding hydrogens is 605 g/mol. The van der Waals surface area contributed by atoms with E-state index in [2.05, 4.69) is 31.9 Å². The molecule has 5 heterocycles. The average molecular weight is 650 g/mol. The summed E-state index contributed by atoms with van der Waals surface area (Å²) >= 11 is 0. The smallest absolute Gasteiger partial charge is 0.407 e. The van der Waals surface area contributed by atoms with Crippen LogP contribution in [-0.2, 0) is 23.4 Å². The highest BCUT2D eigenvalue weighted by Gasteiger charge is 2.32. The van der Waals surface area contributed by atoms with Gasteiger partial charge >= 0.3 is 6.09 Å². The van der Waals surface area contributed by atoms with Crippen LogP contribution in [0.5, 0.6) is 11.5 Å². The number of pyridine rings is 2. The summed E-state index contributed by atoms with van der Waals surface area (Å²) in [5.41, 5.74) is 2.83. The number of hydrogen-bond donors (Lipinski definition) is 2. The van der Waals surface area contributed by atoms with Crippen LogP contribution in [0.15, 0.2) is 36.8 Å². The van der Waals surface area contributed by atoms with E-state index in [-0.39, 0.29) is 18.7 Å². The molecule has 0 spiro atoms. The van der Waals surface area contributed by atoms with Crippen molar-refractivity contribution in [1.29, 1.82) is 0 Å². The van der Waals surface area contributed by atoms with Gasteiger partial charge in [-0.25, -0.2) is 13.7 Å². The highest BCUT2D eigenvalue weighted by atomic mass is 19.1. The molecule has 1 unspecified atom stereocenters. The zero-order valence-corrected chi connectivity index (χ0v) is 27.9. The number of fused-ring (bicyclic) bond motifs is 2.